The van der Waals surface area contributed by atoms with E-state index in [2.05, 4.69) is 59.7 Å². The van der Waals surface area contributed by atoms with Crippen molar-refractivity contribution < 1.29 is 4.74 Å². The molecule has 0 amide bonds. The summed E-state index contributed by atoms with van der Waals surface area (Å²) in [5, 5.41) is 11.7. The Morgan fingerprint density at radius 2 is 2.05 bits per heavy atom. The van der Waals surface area contributed by atoms with Gasteiger partial charge >= 0.3 is 0 Å². The minimum absolute atomic E-state index is 0.153. The predicted octanol–water partition coefficient (Wildman–Crippen LogP) is 4.05. The molecule has 0 bridgehead atoms. The minimum Gasteiger partial charge on any atom is -0.496 e. The number of methoxy groups -OCH3 is 1. The summed E-state index contributed by atoms with van der Waals surface area (Å²) in [6, 6.07) is 12.6. The van der Waals surface area contributed by atoms with E-state index >= 15 is 0 Å². The summed E-state index contributed by atoms with van der Waals surface area (Å²) in [5.74, 6) is 0.906. The number of anilines is 1. The van der Waals surface area contributed by atoms with E-state index in [9.17, 15) is 0 Å². The molecule has 0 radical (unpaired) electrons. The number of hydrogen-bond donors (Lipinski definition) is 2. The second-order valence-corrected chi connectivity index (χ2v) is 5.28. The summed E-state index contributed by atoms with van der Waals surface area (Å²) in [5.41, 5.74) is 4.47. The fourth-order valence-corrected chi connectivity index (χ4v) is 2.55. The first-order valence-corrected chi connectivity index (χ1v) is 7.01. The Hall–Kier alpha value is -2.49. The van der Waals surface area contributed by atoms with Gasteiger partial charge in [0.25, 0.3) is 0 Å². The maximum absolute atomic E-state index is 5.46. The van der Waals surface area contributed by atoms with Gasteiger partial charge in [0.2, 0.25) is 0 Å². The zero-order valence-electron chi connectivity index (χ0n) is 12.5. The highest BCUT2D eigenvalue weighted by molar-refractivity contribution is 5.81. The minimum atomic E-state index is 0.153. The second-order valence-electron chi connectivity index (χ2n) is 5.28. The van der Waals surface area contributed by atoms with Gasteiger partial charge in [0, 0.05) is 16.6 Å². The Bertz CT molecular complexity index is 764. The lowest BCUT2D eigenvalue weighted by atomic mass is 10.0. The zero-order chi connectivity index (χ0) is 14.8. The summed E-state index contributed by atoms with van der Waals surface area (Å²) in [6.07, 6.45) is 1.83. The molecule has 21 heavy (non-hydrogen) atoms. The van der Waals surface area contributed by atoms with E-state index in [1.807, 2.05) is 12.3 Å². The number of nitrogens with one attached hydrogen (secondary N) is 2. The molecule has 0 aliphatic heterocycles. The van der Waals surface area contributed by atoms with Crippen molar-refractivity contribution in [2.45, 2.75) is 19.9 Å². The molecular formula is C17H19N3O. The van der Waals surface area contributed by atoms with Crippen molar-refractivity contribution in [1.82, 2.24) is 10.2 Å². The number of aromatic amines is 1. The number of ether oxygens (including phenoxy) is 1. The number of rotatable bonds is 4. The molecule has 108 valence electrons. The maximum Gasteiger partial charge on any atom is 0.124 e. The van der Waals surface area contributed by atoms with Gasteiger partial charge in [-0.1, -0.05) is 17.7 Å². The molecule has 2 N–H and O–H groups in total. The first-order chi connectivity index (χ1) is 10.2. The third kappa shape index (κ3) is 2.70. The zero-order valence-corrected chi connectivity index (χ0v) is 12.5. The Labute approximate surface area is 124 Å². The number of nitrogens with zero attached hydrogens (tertiary/aromatic N) is 1. The molecule has 1 aromatic heterocycles. The Balaban J connectivity index is 1.88. The van der Waals surface area contributed by atoms with E-state index < -0.39 is 0 Å². The predicted molar refractivity (Wildman–Crippen MR) is 85.9 cm³/mol. The molecule has 4 heteroatoms. The van der Waals surface area contributed by atoms with Gasteiger partial charge < -0.3 is 10.1 Å². The molecule has 0 aliphatic rings. The summed E-state index contributed by atoms with van der Waals surface area (Å²) >= 11 is 0. The van der Waals surface area contributed by atoms with E-state index in [0.717, 1.165) is 27.9 Å². The van der Waals surface area contributed by atoms with Crippen LogP contribution in [0.4, 0.5) is 5.69 Å². The highest BCUT2D eigenvalue weighted by atomic mass is 16.5. The summed E-state index contributed by atoms with van der Waals surface area (Å²) in [7, 11) is 1.71. The van der Waals surface area contributed by atoms with Crippen LogP contribution in [0.1, 0.15) is 24.1 Å². The van der Waals surface area contributed by atoms with E-state index in [1.54, 1.807) is 7.11 Å². The fraction of sp³-hybridized carbons (Fsp3) is 0.235. The molecule has 1 unspecified atom stereocenters. The van der Waals surface area contributed by atoms with Crippen molar-refractivity contribution in [3.8, 4) is 5.75 Å². The lowest BCUT2D eigenvalue weighted by Gasteiger charge is -2.19. The normalized spacial score (nSPS) is 12.3. The third-order valence-corrected chi connectivity index (χ3v) is 3.68. The lowest BCUT2D eigenvalue weighted by molar-refractivity contribution is 0.408. The standard InChI is InChI=1S/C17H19N3O/c1-11-4-7-17(21-3)15(8-11)12(2)19-14-6-5-13-10-18-20-16(13)9-14/h4-10,12,19H,1-3H3,(H,18,20). The van der Waals surface area contributed by atoms with Crippen molar-refractivity contribution in [3.05, 3.63) is 53.7 Å². The van der Waals surface area contributed by atoms with Crippen LogP contribution in [-0.4, -0.2) is 17.3 Å². The number of aromatic nitrogens is 2. The quantitative estimate of drug-likeness (QED) is 0.758. The fourth-order valence-electron chi connectivity index (χ4n) is 2.55. The molecular weight excluding hydrogens is 262 g/mol. The van der Waals surface area contributed by atoms with Crippen molar-refractivity contribution >= 4 is 16.6 Å². The Kier molecular flexibility index (Phi) is 3.52. The number of aryl methyl sites for hydroxylation is 1. The monoisotopic (exact) mass is 281 g/mol. The van der Waals surface area contributed by atoms with Crippen molar-refractivity contribution in [3.63, 3.8) is 0 Å². The first-order valence-electron chi connectivity index (χ1n) is 7.01. The SMILES string of the molecule is COc1ccc(C)cc1C(C)Nc1ccc2cn[nH]c2c1. The van der Waals surface area contributed by atoms with Crippen LogP contribution in [0, 0.1) is 6.92 Å². The molecule has 3 rings (SSSR count). The van der Waals surface area contributed by atoms with Crippen molar-refractivity contribution in [2.75, 3.05) is 12.4 Å². The third-order valence-electron chi connectivity index (χ3n) is 3.68. The van der Waals surface area contributed by atoms with Crippen LogP contribution < -0.4 is 10.1 Å². The molecule has 0 saturated carbocycles. The summed E-state index contributed by atoms with van der Waals surface area (Å²) in [6.45, 7) is 4.22. The lowest BCUT2D eigenvalue weighted by Crippen LogP contribution is -2.08. The number of benzene rings is 2. The topological polar surface area (TPSA) is 49.9 Å². The second kappa shape index (κ2) is 5.48. The first kappa shape index (κ1) is 13.5. The molecule has 4 nitrogen and oxygen atoms in total. The van der Waals surface area contributed by atoms with Gasteiger partial charge in [-0.25, -0.2) is 0 Å². The van der Waals surface area contributed by atoms with Gasteiger partial charge in [-0.15, -0.1) is 0 Å². The van der Waals surface area contributed by atoms with Gasteiger partial charge in [0.1, 0.15) is 5.75 Å². The summed E-state index contributed by atoms with van der Waals surface area (Å²) < 4.78 is 5.46. The van der Waals surface area contributed by atoms with Gasteiger partial charge in [0.05, 0.1) is 24.9 Å². The highest BCUT2D eigenvalue weighted by Gasteiger charge is 2.12. The van der Waals surface area contributed by atoms with Crippen molar-refractivity contribution in [1.29, 1.82) is 0 Å². The molecule has 0 spiro atoms. The van der Waals surface area contributed by atoms with Crippen LogP contribution >= 0.6 is 0 Å². The maximum atomic E-state index is 5.46. The molecule has 1 atom stereocenters. The molecule has 2 aromatic carbocycles. The van der Waals surface area contributed by atoms with E-state index in [0.29, 0.717) is 0 Å². The van der Waals surface area contributed by atoms with Gasteiger partial charge in [-0.05, 0) is 38.1 Å². The van der Waals surface area contributed by atoms with E-state index in [1.165, 1.54) is 5.56 Å². The van der Waals surface area contributed by atoms with Gasteiger partial charge in [0.15, 0.2) is 0 Å². The van der Waals surface area contributed by atoms with E-state index in [4.69, 9.17) is 4.74 Å². The van der Waals surface area contributed by atoms with Crippen LogP contribution in [0.15, 0.2) is 42.6 Å². The van der Waals surface area contributed by atoms with Crippen molar-refractivity contribution in [2.24, 2.45) is 0 Å². The van der Waals surface area contributed by atoms with E-state index in [-0.39, 0.29) is 6.04 Å². The molecule has 3 aromatic rings. The van der Waals surface area contributed by atoms with Gasteiger partial charge in [-0.2, -0.15) is 5.10 Å². The molecule has 0 saturated heterocycles. The largest absolute Gasteiger partial charge is 0.496 e. The average Bonchev–Trinajstić information content (AvgIpc) is 2.94. The molecule has 0 aliphatic carbocycles. The van der Waals surface area contributed by atoms with Crippen LogP contribution in [0.3, 0.4) is 0 Å². The van der Waals surface area contributed by atoms with Crippen LogP contribution in [0.25, 0.3) is 10.9 Å². The van der Waals surface area contributed by atoms with Crippen LogP contribution in [0.2, 0.25) is 0 Å². The number of fused-ring (bicyclic) bond motifs is 1. The summed E-state index contributed by atoms with van der Waals surface area (Å²) in [4.78, 5) is 0. The van der Waals surface area contributed by atoms with Gasteiger partial charge in [-0.3, -0.25) is 5.10 Å². The Morgan fingerprint density at radius 1 is 1.19 bits per heavy atom. The molecule has 1 heterocycles. The average molecular weight is 281 g/mol. The van der Waals surface area contributed by atoms with Crippen LogP contribution in [-0.2, 0) is 0 Å². The number of H-pyrrole nitrogens is 1. The number of hydrogen-bond acceptors (Lipinski definition) is 3. The highest BCUT2D eigenvalue weighted by Crippen LogP contribution is 2.29. The Morgan fingerprint density at radius 3 is 2.86 bits per heavy atom. The van der Waals surface area contributed by atoms with Crippen LogP contribution in [0.5, 0.6) is 5.75 Å². The molecule has 0 fully saturated rings. The smallest absolute Gasteiger partial charge is 0.124 e.